The highest BCUT2D eigenvalue weighted by atomic mass is 16.6. The van der Waals surface area contributed by atoms with Crippen LogP contribution in [0.3, 0.4) is 0 Å². The fourth-order valence-electron chi connectivity index (χ4n) is 2.86. The van der Waals surface area contributed by atoms with Gasteiger partial charge in [-0.05, 0) is 39.2 Å². The van der Waals surface area contributed by atoms with Crippen molar-refractivity contribution in [2.24, 2.45) is 0 Å². The SMILES string of the molecule is CC(=O)O[C@@H]1CC[C@@H](C(=O)OCc2ccccc2)N(C(=O)OC(C)(C)C)C1. The van der Waals surface area contributed by atoms with E-state index < -0.39 is 35.8 Å². The number of esters is 2. The topological polar surface area (TPSA) is 82.1 Å². The van der Waals surface area contributed by atoms with E-state index in [1.54, 1.807) is 20.8 Å². The number of piperidine rings is 1. The van der Waals surface area contributed by atoms with E-state index in [4.69, 9.17) is 14.2 Å². The van der Waals surface area contributed by atoms with Crippen LogP contribution >= 0.6 is 0 Å². The summed E-state index contributed by atoms with van der Waals surface area (Å²) in [7, 11) is 0. The molecule has 0 radical (unpaired) electrons. The number of amides is 1. The monoisotopic (exact) mass is 377 g/mol. The van der Waals surface area contributed by atoms with Crippen LogP contribution < -0.4 is 0 Å². The molecule has 148 valence electrons. The Kier molecular flexibility index (Phi) is 6.82. The molecule has 0 bridgehead atoms. The number of carbonyl (C=O) groups is 3. The van der Waals surface area contributed by atoms with Crippen molar-refractivity contribution in [3.05, 3.63) is 35.9 Å². The molecule has 1 aliphatic rings. The molecule has 0 spiro atoms. The predicted molar refractivity (Wildman–Crippen MR) is 97.8 cm³/mol. The summed E-state index contributed by atoms with van der Waals surface area (Å²) in [6.45, 7) is 6.80. The van der Waals surface area contributed by atoms with Gasteiger partial charge in [0.05, 0.1) is 6.54 Å². The molecule has 0 saturated carbocycles. The Morgan fingerprint density at radius 3 is 2.37 bits per heavy atom. The summed E-state index contributed by atoms with van der Waals surface area (Å²) < 4.78 is 16.0. The molecule has 1 aromatic rings. The largest absolute Gasteiger partial charge is 0.461 e. The van der Waals surface area contributed by atoms with E-state index >= 15 is 0 Å². The average molecular weight is 377 g/mol. The summed E-state index contributed by atoms with van der Waals surface area (Å²) in [5.41, 5.74) is 0.160. The molecular formula is C20H27NO6. The first-order valence-corrected chi connectivity index (χ1v) is 9.03. The number of hydrogen-bond acceptors (Lipinski definition) is 6. The molecule has 0 aromatic heterocycles. The molecule has 7 heteroatoms. The van der Waals surface area contributed by atoms with Gasteiger partial charge in [-0.1, -0.05) is 30.3 Å². The van der Waals surface area contributed by atoms with Crippen LogP contribution in [0.15, 0.2) is 30.3 Å². The second kappa shape index (κ2) is 8.88. The van der Waals surface area contributed by atoms with Gasteiger partial charge in [-0.25, -0.2) is 9.59 Å². The van der Waals surface area contributed by atoms with Gasteiger partial charge in [-0.15, -0.1) is 0 Å². The molecule has 0 unspecified atom stereocenters. The lowest BCUT2D eigenvalue weighted by molar-refractivity contribution is -0.158. The minimum Gasteiger partial charge on any atom is -0.461 e. The lowest BCUT2D eigenvalue weighted by Crippen LogP contribution is -2.54. The molecule has 7 nitrogen and oxygen atoms in total. The summed E-state index contributed by atoms with van der Waals surface area (Å²) >= 11 is 0. The molecule has 27 heavy (non-hydrogen) atoms. The van der Waals surface area contributed by atoms with E-state index in [9.17, 15) is 14.4 Å². The van der Waals surface area contributed by atoms with Crippen LogP contribution in [0.1, 0.15) is 46.1 Å². The summed E-state index contributed by atoms with van der Waals surface area (Å²) in [4.78, 5) is 37.7. The number of carbonyl (C=O) groups excluding carboxylic acids is 3. The lowest BCUT2D eigenvalue weighted by Gasteiger charge is -2.38. The predicted octanol–water partition coefficient (Wildman–Crippen LogP) is 3.06. The van der Waals surface area contributed by atoms with Crippen molar-refractivity contribution in [2.45, 2.75) is 64.9 Å². The Morgan fingerprint density at radius 2 is 1.78 bits per heavy atom. The van der Waals surface area contributed by atoms with Crippen LogP contribution in [-0.4, -0.2) is 47.2 Å². The highest BCUT2D eigenvalue weighted by Gasteiger charge is 2.40. The van der Waals surface area contributed by atoms with Crippen molar-refractivity contribution < 1.29 is 28.6 Å². The van der Waals surface area contributed by atoms with Gasteiger partial charge >= 0.3 is 18.0 Å². The second-order valence-corrected chi connectivity index (χ2v) is 7.55. The van der Waals surface area contributed by atoms with E-state index in [1.807, 2.05) is 30.3 Å². The molecule has 1 aromatic carbocycles. The van der Waals surface area contributed by atoms with Crippen molar-refractivity contribution in [3.63, 3.8) is 0 Å². The van der Waals surface area contributed by atoms with Crippen LogP contribution in [0.25, 0.3) is 0 Å². The first kappa shape index (κ1) is 20.7. The molecular weight excluding hydrogens is 350 g/mol. The Balaban J connectivity index is 2.07. The first-order valence-electron chi connectivity index (χ1n) is 9.03. The maximum Gasteiger partial charge on any atom is 0.411 e. The van der Waals surface area contributed by atoms with Crippen LogP contribution in [0.5, 0.6) is 0 Å². The van der Waals surface area contributed by atoms with Gasteiger partial charge in [0.1, 0.15) is 24.4 Å². The number of benzene rings is 1. The standard InChI is InChI=1S/C20H27NO6/c1-14(22)26-16-10-11-17(21(12-16)19(24)27-20(2,3)4)18(23)25-13-15-8-6-5-7-9-15/h5-9,16-17H,10-13H2,1-4H3/t16-,17+/m1/s1. The van der Waals surface area contributed by atoms with Crippen LogP contribution in [0, 0.1) is 0 Å². The van der Waals surface area contributed by atoms with E-state index in [1.165, 1.54) is 11.8 Å². The summed E-state index contributed by atoms with van der Waals surface area (Å²) in [5.74, 6) is -0.916. The maximum absolute atomic E-state index is 12.6. The third-order valence-corrected chi connectivity index (χ3v) is 4.00. The molecule has 0 aliphatic carbocycles. The van der Waals surface area contributed by atoms with Gasteiger partial charge in [0.2, 0.25) is 0 Å². The van der Waals surface area contributed by atoms with Gasteiger partial charge in [-0.3, -0.25) is 9.69 Å². The fraction of sp³-hybridized carbons (Fsp3) is 0.550. The third kappa shape index (κ3) is 6.58. The van der Waals surface area contributed by atoms with Crippen molar-refractivity contribution in [1.29, 1.82) is 0 Å². The average Bonchev–Trinajstić information content (AvgIpc) is 2.58. The van der Waals surface area contributed by atoms with Crippen molar-refractivity contribution >= 4 is 18.0 Å². The minimum absolute atomic E-state index is 0.0968. The maximum atomic E-state index is 12.6. The van der Waals surface area contributed by atoms with Crippen molar-refractivity contribution in [1.82, 2.24) is 4.90 Å². The molecule has 2 atom stereocenters. The molecule has 2 rings (SSSR count). The number of hydrogen-bond donors (Lipinski definition) is 0. The van der Waals surface area contributed by atoms with Gasteiger partial charge in [0.25, 0.3) is 0 Å². The highest BCUT2D eigenvalue weighted by Crippen LogP contribution is 2.24. The quantitative estimate of drug-likeness (QED) is 0.592. The van der Waals surface area contributed by atoms with E-state index in [-0.39, 0.29) is 13.2 Å². The summed E-state index contributed by atoms with van der Waals surface area (Å²) in [5, 5.41) is 0. The normalized spacial score (nSPS) is 19.9. The number of nitrogens with zero attached hydrogens (tertiary/aromatic N) is 1. The van der Waals surface area contributed by atoms with Gasteiger partial charge in [0.15, 0.2) is 0 Å². The first-order chi connectivity index (χ1) is 12.7. The molecule has 1 saturated heterocycles. The van der Waals surface area contributed by atoms with Gasteiger partial charge in [-0.2, -0.15) is 0 Å². The zero-order valence-electron chi connectivity index (χ0n) is 16.3. The van der Waals surface area contributed by atoms with E-state index in [0.29, 0.717) is 12.8 Å². The van der Waals surface area contributed by atoms with Gasteiger partial charge in [0, 0.05) is 6.92 Å². The Morgan fingerprint density at radius 1 is 1.11 bits per heavy atom. The molecule has 1 heterocycles. The Labute approximate surface area is 159 Å². The van der Waals surface area contributed by atoms with Crippen molar-refractivity contribution in [2.75, 3.05) is 6.54 Å². The van der Waals surface area contributed by atoms with Crippen LogP contribution in [0.4, 0.5) is 4.79 Å². The van der Waals surface area contributed by atoms with Crippen LogP contribution in [-0.2, 0) is 30.4 Å². The molecule has 1 amide bonds. The number of rotatable bonds is 4. The minimum atomic E-state index is -0.768. The van der Waals surface area contributed by atoms with Crippen molar-refractivity contribution in [3.8, 4) is 0 Å². The van der Waals surface area contributed by atoms with Crippen LogP contribution in [0.2, 0.25) is 0 Å². The second-order valence-electron chi connectivity index (χ2n) is 7.55. The fourth-order valence-corrected chi connectivity index (χ4v) is 2.86. The Bertz CT molecular complexity index is 667. The summed E-state index contributed by atoms with van der Waals surface area (Å²) in [6.07, 6.45) is -0.274. The van der Waals surface area contributed by atoms with E-state index in [0.717, 1.165) is 5.56 Å². The highest BCUT2D eigenvalue weighted by molar-refractivity contribution is 5.82. The molecule has 0 N–H and O–H groups in total. The summed E-state index contributed by atoms with van der Waals surface area (Å²) in [6, 6.07) is 8.55. The smallest absolute Gasteiger partial charge is 0.411 e. The Hall–Kier alpha value is -2.57. The zero-order chi connectivity index (χ0) is 20.0. The number of likely N-dealkylation sites (tertiary alicyclic amines) is 1. The van der Waals surface area contributed by atoms with E-state index in [2.05, 4.69) is 0 Å². The third-order valence-electron chi connectivity index (χ3n) is 4.00. The lowest BCUT2D eigenvalue weighted by atomic mass is 10.0. The molecule has 1 aliphatic heterocycles. The van der Waals surface area contributed by atoms with Gasteiger partial charge < -0.3 is 14.2 Å². The molecule has 1 fully saturated rings. The zero-order valence-corrected chi connectivity index (χ0v) is 16.3. The number of ether oxygens (including phenoxy) is 3.